The Balaban J connectivity index is 1.58. The van der Waals surface area contributed by atoms with Crippen LogP contribution in [0.25, 0.3) is 11.3 Å². The van der Waals surface area contributed by atoms with Crippen molar-refractivity contribution in [2.75, 3.05) is 11.4 Å². The molecule has 0 aromatic carbocycles. The van der Waals surface area contributed by atoms with Crippen LogP contribution < -0.4 is 4.90 Å². The van der Waals surface area contributed by atoms with Crippen molar-refractivity contribution in [1.29, 1.82) is 5.26 Å². The minimum Gasteiger partial charge on any atom is -0.296 e. The molecule has 1 amide bonds. The summed E-state index contributed by atoms with van der Waals surface area (Å²) in [7, 11) is 0. The molecule has 134 valence electrons. The van der Waals surface area contributed by atoms with Gasteiger partial charge in [0.1, 0.15) is 28.3 Å². The number of carbonyl (C=O) groups excluding carboxylic acids is 1. The first-order valence-electron chi connectivity index (χ1n) is 8.48. The first kappa shape index (κ1) is 17.2. The highest BCUT2D eigenvalue weighted by atomic mass is 35.5. The molecule has 4 rings (SSSR count). The SMILES string of the molecule is N#Cc1c(-c2ccncc2)n[nH]c1N1CC[C@H](Cc2ccc(Cl)nc2)C1=O. The molecule has 0 bridgehead atoms. The van der Waals surface area contributed by atoms with Crippen molar-refractivity contribution in [1.82, 2.24) is 20.2 Å². The van der Waals surface area contributed by atoms with Crippen molar-refractivity contribution in [3.63, 3.8) is 0 Å². The normalized spacial score (nSPS) is 16.5. The fraction of sp³-hybridized carbons (Fsp3) is 0.211. The van der Waals surface area contributed by atoms with Gasteiger partial charge in [-0.15, -0.1) is 0 Å². The van der Waals surface area contributed by atoms with Gasteiger partial charge in [0.2, 0.25) is 5.91 Å². The van der Waals surface area contributed by atoms with Crippen molar-refractivity contribution in [2.24, 2.45) is 5.92 Å². The zero-order valence-electron chi connectivity index (χ0n) is 14.3. The summed E-state index contributed by atoms with van der Waals surface area (Å²) in [4.78, 5) is 22.6. The summed E-state index contributed by atoms with van der Waals surface area (Å²) in [6, 6.07) is 9.34. The van der Waals surface area contributed by atoms with Crippen LogP contribution in [0.5, 0.6) is 0 Å². The van der Waals surface area contributed by atoms with Crippen molar-refractivity contribution >= 4 is 23.3 Å². The molecule has 1 aliphatic heterocycles. The summed E-state index contributed by atoms with van der Waals surface area (Å²) in [5, 5.41) is 17.2. The maximum atomic E-state index is 12.9. The molecule has 0 saturated carbocycles. The number of nitrogens with zero attached hydrogens (tertiary/aromatic N) is 5. The van der Waals surface area contributed by atoms with Crippen LogP contribution in [0.15, 0.2) is 42.9 Å². The lowest BCUT2D eigenvalue weighted by Crippen LogP contribution is -2.28. The van der Waals surface area contributed by atoms with Gasteiger partial charge in [0.15, 0.2) is 0 Å². The molecular weight excluding hydrogens is 364 g/mol. The van der Waals surface area contributed by atoms with Crippen LogP contribution in [0.1, 0.15) is 17.5 Å². The predicted octanol–water partition coefficient (Wildman–Crippen LogP) is 2.99. The van der Waals surface area contributed by atoms with Gasteiger partial charge >= 0.3 is 0 Å². The Morgan fingerprint density at radius 1 is 1.30 bits per heavy atom. The standard InChI is InChI=1S/C19H15ClN6O/c20-16-2-1-12(11-23-16)9-14-5-8-26(19(14)27)18-15(10-21)17(24-25-18)13-3-6-22-7-4-13/h1-4,6-7,11,14H,5,8-9H2,(H,24,25)/t14-/m1/s1. The number of amides is 1. The van der Waals surface area contributed by atoms with Crippen molar-refractivity contribution in [2.45, 2.75) is 12.8 Å². The van der Waals surface area contributed by atoms with E-state index in [0.29, 0.717) is 41.6 Å². The fourth-order valence-electron chi connectivity index (χ4n) is 3.31. The van der Waals surface area contributed by atoms with Crippen LogP contribution in [0.4, 0.5) is 5.82 Å². The van der Waals surface area contributed by atoms with Gasteiger partial charge in [-0.3, -0.25) is 19.8 Å². The molecule has 1 N–H and O–H groups in total. The molecule has 1 fully saturated rings. The van der Waals surface area contributed by atoms with Crippen LogP contribution in [0, 0.1) is 17.2 Å². The van der Waals surface area contributed by atoms with Crippen LogP contribution in [0.3, 0.4) is 0 Å². The molecule has 0 spiro atoms. The van der Waals surface area contributed by atoms with E-state index in [9.17, 15) is 10.1 Å². The second-order valence-electron chi connectivity index (χ2n) is 6.31. The summed E-state index contributed by atoms with van der Waals surface area (Å²) in [5.74, 6) is 0.268. The van der Waals surface area contributed by atoms with Gasteiger partial charge in [0, 0.05) is 36.6 Å². The lowest BCUT2D eigenvalue weighted by molar-refractivity contribution is -0.120. The number of aromatic nitrogens is 4. The van der Waals surface area contributed by atoms with Crippen molar-refractivity contribution < 1.29 is 4.79 Å². The highest BCUT2D eigenvalue weighted by molar-refractivity contribution is 6.29. The Labute approximate surface area is 160 Å². The Kier molecular flexibility index (Phi) is 4.57. The van der Waals surface area contributed by atoms with E-state index >= 15 is 0 Å². The topological polar surface area (TPSA) is 98.6 Å². The van der Waals surface area contributed by atoms with Crippen LogP contribution in [0.2, 0.25) is 5.15 Å². The van der Waals surface area contributed by atoms with Crippen LogP contribution >= 0.6 is 11.6 Å². The Bertz CT molecular complexity index is 1010. The van der Waals surface area contributed by atoms with E-state index < -0.39 is 0 Å². The molecule has 7 nitrogen and oxygen atoms in total. The Morgan fingerprint density at radius 3 is 2.81 bits per heavy atom. The lowest BCUT2D eigenvalue weighted by Gasteiger charge is -2.15. The third-order valence-electron chi connectivity index (χ3n) is 4.67. The quantitative estimate of drug-likeness (QED) is 0.703. The second kappa shape index (κ2) is 7.17. The molecular formula is C19H15ClN6O. The smallest absolute Gasteiger partial charge is 0.231 e. The number of H-pyrrole nitrogens is 1. The number of hydrogen-bond acceptors (Lipinski definition) is 5. The Hall–Kier alpha value is -3.24. The van der Waals surface area contributed by atoms with Gasteiger partial charge in [-0.05, 0) is 36.6 Å². The second-order valence-corrected chi connectivity index (χ2v) is 6.70. The average molecular weight is 379 g/mol. The molecule has 8 heteroatoms. The molecule has 27 heavy (non-hydrogen) atoms. The monoisotopic (exact) mass is 378 g/mol. The van der Waals surface area contributed by atoms with E-state index in [1.54, 1.807) is 41.7 Å². The molecule has 1 saturated heterocycles. The van der Waals surface area contributed by atoms with Gasteiger partial charge in [0.05, 0.1) is 0 Å². The number of rotatable bonds is 4. The van der Waals surface area contributed by atoms with Gasteiger partial charge in [-0.25, -0.2) is 4.98 Å². The predicted molar refractivity (Wildman–Crippen MR) is 99.9 cm³/mol. The van der Waals surface area contributed by atoms with E-state index in [4.69, 9.17) is 11.6 Å². The zero-order valence-corrected chi connectivity index (χ0v) is 15.0. The molecule has 3 aromatic rings. The number of nitriles is 1. The fourth-order valence-corrected chi connectivity index (χ4v) is 3.43. The third-order valence-corrected chi connectivity index (χ3v) is 4.89. The van der Waals surface area contributed by atoms with Gasteiger partial charge in [-0.2, -0.15) is 10.4 Å². The summed E-state index contributed by atoms with van der Waals surface area (Å²) in [6.45, 7) is 0.539. The number of carbonyl (C=O) groups is 1. The van der Waals surface area contributed by atoms with Gasteiger partial charge < -0.3 is 0 Å². The third kappa shape index (κ3) is 3.27. The molecule has 0 unspecified atom stereocenters. The molecule has 0 aliphatic carbocycles. The summed E-state index contributed by atoms with van der Waals surface area (Å²) in [5.41, 5.74) is 2.62. The number of aromatic amines is 1. The average Bonchev–Trinajstić information content (AvgIpc) is 3.28. The van der Waals surface area contributed by atoms with E-state index in [0.717, 1.165) is 11.1 Å². The highest BCUT2D eigenvalue weighted by Crippen LogP contribution is 2.32. The van der Waals surface area contributed by atoms with Gasteiger partial charge in [-0.1, -0.05) is 17.7 Å². The zero-order chi connectivity index (χ0) is 18.8. The van der Waals surface area contributed by atoms with Crippen molar-refractivity contribution in [3.8, 4) is 17.3 Å². The maximum absolute atomic E-state index is 12.9. The summed E-state index contributed by atoms with van der Waals surface area (Å²) >= 11 is 5.81. The largest absolute Gasteiger partial charge is 0.296 e. The highest BCUT2D eigenvalue weighted by Gasteiger charge is 2.35. The van der Waals surface area contributed by atoms with Crippen molar-refractivity contribution in [3.05, 3.63) is 59.1 Å². The number of anilines is 1. The summed E-state index contributed by atoms with van der Waals surface area (Å²) < 4.78 is 0. The van der Waals surface area contributed by atoms with Crippen LogP contribution in [-0.2, 0) is 11.2 Å². The van der Waals surface area contributed by atoms with E-state index in [2.05, 4.69) is 26.2 Å². The summed E-state index contributed by atoms with van der Waals surface area (Å²) in [6.07, 6.45) is 6.27. The first-order chi connectivity index (χ1) is 13.2. The minimum absolute atomic E-state index is 0.0219. The number of pyridine rings is 2. The Morgan fingerprint density at radius 2 is 2.11 bits per heavy atom. The number of hydrogen-bond donors (Lipinski definition) is 1. The first-order valence-corrected chi connectivity index (χ1v) is 8.86. The molecule has 0 radical (unpaired) electrons. The van der Waals surface area contributed by atoms with E-state index in [-0.39, 0.29) is 11.8 Å². The molecule has 3 aromatic heterocycles. The maximum Gasteiger partial charge on any atom is 0.231 e. The molecule has 1 aliphatic rings. The number of nitrogens with one attached hydrogen (secondary N) is 1. The van der Waals surface area contributed by atoms with Crippen LogP contribution in [-0.4, -0.2) is 32.6 Å². The van der Waals surface area contributed by atoms with E-state index in [1.807, 2.05) is 6.07 Å². The van der Waals surface area contributed by atoms with E-state index in [1.165, 1.54) is 0 Å². The minimum atomic E-state index is -0.160. The molecule has 1 atom stereocenters. The van der Waals surface area contributed by atoms with Gasteiger partial charge in [0.25, 0.3) is 0 Å². The molecule has 4 heterocycles. The number of halogens is 1. The lowest BCUT2D eigenvalue weighted by atomic mass is 9.99.